The summed E-state index contributed by atoms with van der Waals surface area (Å²) < 4.78 is 5.56. The SMILES string of the molecule is Clc1cc(Cl)cc(OCCNCc2cccnc2)c1. The van der Waals surface area contributed by atoms with Crippen molar-refractivity contribution >= 4 is 23.2 Å². The summed E-state index contributed by atoms with van der Waals surface area (Å²) in [6.07, 6.45) is 3.60. The van der Waals surface area contributed by atoms with E-state index in [4.69, 9.17) is 27.9 Å². The second kappa shape index (κ2) is 7.34. The van der Waals surface area contributed by atoms with E-state index in [1.165, 1.54) is 0 Å². The number of hydrogen-bond acceptors (Lipinski definition) is 3. The number of ether oxygens (including phenoxy) is 1. The number of nitrogens with zero attached hydrogens (tertiary/aromatic N) is 1. The topological polar surface area (TPSA) is 34.1 Å². The molecule has 1 N–H and O–H groups in total. The number of aromatic nitrogens is 1. The van der Waals surface area contributed by atoms with E-state index >= 15 is 0 Å². The van der Waals surface area contributed by atoms with Crippen LogP contribution in [0.1, 0.15) is 5.56 Å². The lowest BCUT2D eigenvalue weighted by Crippen LogP contribution is -2.20. The molecule has 19 heavy (non-hydrogen) atoms. The van der Waals surface area contributed by atoms with Gasteiger partial charge >= 0.3 is 0 Å². The smallest absolute Gasteiger partial charge is 0.122 e. The lowest BCUT2D eigenvalue weighted by molar-refractivity contribution is 0.313. The van der Waals surface area contributed by atoms with Gasteiger partial charge in [-0.2, -0.15) is 0 Å². The molecule has 0 saturated heterocycles. The van der Waals surface area contributed by atoms with Gasteiger partial charge in [-0.05, 0) is 29.8 Å². The summed E-state index contributed by atoms with van der Waals surface area (Å²) >= 11 is 11.8. The molecule has 0 spiro atoms. The summed E-state index contributed by atoms with van der Waals surface area (Å²) in [5, 5.41) is 4.42. The largest absolute Gasteiger partial charge is 0.492 e. The fourth-order valence-corrected chi connectivity index (χ4v) is 2.09. The van der Waals surface area contributed by atoms with Crippen LogP contribution < -0.4 is 10.1 Å². The van der Waals surface area contributed by atoms with Crippen molar-refractivity contribution in [3.05, 3.63) is 58.3 Å². The predicted molar refractivity (Wildman–Crippen MR) is 77.9 cm³/mol. The third-order valence-electron chi connectivity index (χ3n) is 2.44. The van der Waals surface area contributed by atoms with Crippen LogP contribution in [0.3, 0.4) is 0 Å². The maximum Gasteiger partial charge on any atom is 0.122 e. The van der Waals surface area contributed by atoms with E-state index in [9.17, 15) is 0 Å². The van der Waals surface area contributed by atoms with E-state index in [2.05, 4.69) is 10.3 Å². The molecule has 0 aliphatic rings. The second-order valence-corrected chi connectivity index (χ2v) is 4.86. The Morgan fingerprint density at radius 3 is 2.63 bits per heavy atom. The normalized spacial score (nSPS) is 10.4. The zero-order chi connectivity index (χ0) is 13.5. The van der Waals surface area contributed by atoms with E-state index in [1.54, 1.807) is 24.4 Å². The molecular formula is C14H14Cl2N2O. The third-order valence-corrected chi connectivity index (χ3v) is 2.87. The first kappa shape index (κ1) is 14.1. The first-order valence-electron chi connectivity index (χ1n) is 5.92. The quantitative estimate of drug-likeness (QED) is 0.828. The summed E-state index contributed by atoms with van der Waals surface area (Å²) in [5.74, 6) is 0.681. The predicted octanol–water partition coefficient (Wildman–Crippen LogP) is 3.56. The number of hydrogen-bond donors (Lipinski definition) is 1. The van der Waals surface area contributed by atoms with Gasteiger partial charge in [0, 0.05) is 35.5 Å². The Kier molecular flexibility index (Phi) is 5.45. The maximum atomic E-state index is 5.88. The van der Waals surface area contributed by atoms with E-state index in [0.29, 0.717) is 22.4 Å². The van der Waals surface area contributed by atoms with Crippen molar-refractivity contribution in [3.8, 4) is 5.75 Å². The van der Waals surface area contributed by atoms with Crippen LogP contribution >= 0.6 is 23.2 Å². The van der Waals surface area contributed by atoms with Gasteiger partial charge in [0.15, 0.2) is 0 Å². The Bertz CT molecular complexity index is 500. The fourth-order valence-electron chi connectivity index (χ4n) is 1.59. The lowest BCUT2D eigenvalue weighted by Gasteiger charge is -2.08. The molecule has 1 aromatic carbocycles. The number of rotatable bonds is 6. The Morgan fingerprint density at radius 2 is 1.95 bits per heavy atom. The molecule has 0 aliphatic carbocycles. The highest BCUT2D eigenvalue weighted by Gasteiger charge is 1.99. The number of halogens is 2. The monoisotopic (exact) mass is 296 g/mol. The van der Waals surface area contributed by atoms with Crippen molar-refractivity contribution in [3.63, 3.8) is 0 Å². The standard InChI is InChI=1S/C14H14Cl2N2O/c15-12-6-13(16)8-14(7-12)19-5-4-18-10-11-2-1-3-17-9-11/h1-3,6-9,18H,4-5,10H2. The first-order valence-corrected chi connectivity index (χ1v) is 6.68. The summed E-state index contributed by atoms with van der Waals surface area (Å²) in [6.45, 7) is 2.06. The lowest BCUT2D eigenvalue weighted by atomic mass is 10.3. The van der Waals surface area contributed by atoms with Crippen molar-refractivity contribution in [2.45, 2.75) is 6.54 Å². The molecule has 1 heterocycles. The van der Waals surface area contributed by atoms with E-state index in [0.717, 1.165) is 18.7 Å². The Labute approximate surface area is 122 Å². The summed E-state index contributed by atoms with van der Waals surface area (Å²) in [4.78, 5) is 4.05. The second-order valence-electron chi connectivity index (χ2n) is 3.99. The molecule has 1 aromatic heterocycles. The minimum Gasteiger partial charge on any atom is -0.492 e. The summed E-state index contributed by atoms with van der Waals surface area (Å²) in [6, 6.07) is 9.11. The van der Waals surface area contributed by atoms with Gasteiger partial charge in [-0.1, -0.05) is 29.3 Å². The number of pyridine rings is 1. The first-order chi connectivity index (χ1) is 9.24. The minimum atomic E-state index is 0.553. The van der Waals surface area contributed by atoms with Gasteiger partial charge in [0.05, 0.1) is 0 Å². The molecule has 2 rings (SSSR count). The molecule has 100 valence electrons. The van der Waals surface area contributed by atoms with Gasteiger partial charge in [0.1, 0.15) is 12.4 Å². The van der Waals surface area contributed by atoms with E-state index in [1.807, 2.05) is 18.3 Å². The molecule has 0 bridgehead atoms. The summed E-state index contributed by atoms with van der Waals surface area (Å²) in [5.41, 5.74) is 1.15. The Morgan fingerprint density at radius 1 is 1.16 bits per heavy atom. The van der Waals surface area contributed by atoms with Crippen LogP contribution in [0.4, 0.5) is 0 Å². The Hall–Kier alpha value is -1.29. The van der Waals surface area contributed by atoms with Crippen molar-refractivity contribution in [2.24, 2.45) is 0 Å². The van der Waals surface area contributed by atoms with Gasteiger partial charge in [-0.3, -0.25) is 4.98 Å². The number of nitrogens with one attached hydrogen (secondary N) is 1. The fraction of sp³-hybridized carbons (Fsp3) is 0.214. The van der Waals surface area contributed by atoms with Crippen molar-refractivity contribution in [1.82, 2.24) is 10.3 Å². The molecular weight excluding hydrogens is 283 g/mol. The van der Waals surface area contributed by atoms with Crippen molar-refractivity contribution < 1.29 is 4.74 Å². The zero-order valence-corrected chi connectivity index (χ0v) is 11.8. The molecule has 0 radical (unpaired) electrons. The molecule has 5 heteroatoms. The van der Waals surface area contributed by atoms with Gasteiger partial charge in [-0.15, -0.1) is 0 Å². The highest BCUT2D eigenvalue weighted by atomic mass is 35.5. The summed E-state index contributed by atoms with van der Waals surface area (Å²) in [7, 11) is 0. The average Bonchev–Trinajstić information content (AvgIpc) is 2.38. The highest BCUT2D eigenvalue weighted by Crippen LogP contribution is 2.23. The van der Waals surface area contributed by atoms with E-state index < -0.39 is 0 Å². The minimum absolute atomic E-state index is 0.553. The van der Waals surface area contributed by atoms with Gasteiger partial charge < -0.3 is 10.1 Å². The van der Waals surface area contributed by atoms with Crippen LogP contribution in [0.2, 0.25) is 10.0 Å². The van der Waals surface area contributed by atoms with Crippen LogP contribution in [0, 0.1) is 0 Å². The van der Waals surface area contributed by atoms with Gasteiger partial charge in [-0.25, -0.2) is 0 Å². The van der Waals surface area contributed by atoms with Crippen LogP contribution in [-0.4, -0.2) is 18.1 Å². The molecule has 0 saturated carbocycles. The molecule has 2 aromatic rings. The molecule has 0 aliphatic heterocycles. The molecule has 0 unspecified atom stereocenters. The van der Waals surface area contributed by atoms with Gasteiger partial charge in [0.2, 0.25) is 0 Å². The highest BCUT2D eigenvalue weighted by molar-refractivity contribution is 6.34. The van der Waals surface area contributed by atoms with Crippen LogP contribution in [-0.2, 0) is 6.54 Å². The zero-order valence-electron chi connectivity index (χ0n) is 10.3. The van der Waals surface area contributed by atoms with Crippen LogP contribution in [0.15, 0.2) is 42.7 Å². The Balaban J connectivity index is 1.69. The van der Waals surface area contributed by atoms with Crippen molar-refractivity contribution in [2.75, 3.05) is 13.2 Å². The molecule has 3 nitrogen and oxygen atoms in total. The van der Waals surface area contributed by atoms with Crippen molar-refractivity contribution in [1.29, 1.82) is 0 Å². The average molecular weight is 297 g/mol. The molecule has 0 fully saturated rings. The number of benzene rings is 1. The maximum absolute atomic E-state index is 5.88. The molecule has 0 atom stereocenters. The van der Waals surface area contributed by atoms with Crippen LogP contribution in [0.25, 0.3) is 0 Å². The van der Waals surface area contributed by atoms with E-state index in [-0.39, 0.29) is 0 Å². The van der Waals surface area contributed by atoms with Gasteiger partial charge in [0.25, 0.3) is 0 Å². The third kappa shape index (κ3) is 5.07. The van der Waals surface area contributed by atoms with Crippen LogP contribution in [0.5, 0.6) is 5.75 Å². The molecule has 0 amide bonds.